The minimum atomic E-state index is -0.732. The largest absolute Gasteiger partial charge is 0.496 e. The van der Waals surface area contributed by atoms with E-state index in [4.69, 9.17) is 28.4 Å². The number of esters is 4. The summed E-state index contributed by atoms with van der Waals surface area (Å²) in [6, 6.07) is 16.7. The van der Waals surface area contributed by atoms with E-state index in [0.717, 1.165) is 22.3 Å². The van der Waals surface area contributed by atoms with Crippen LogP contribution >= 0.6 is 0 Å². The van der Waals surface area contributed by atoms with Crippen molar-refractivity contribution in [2.45, 2.75) is 131 Å². The van der Waals surface area contributed by atoms with Crippen molar-refractivity contribution in [3.05, 3.63) is 142 Å². The summed E-state index contributed by atoms with van der Waals surface area (Å²) in [5.74, 6) is 0.558. The number of aryl methyl sites for hydroxylation is 2. The molecule has 0 aliphatic rings. The highest BCUT2D eigenvalue weighted by molar-refractivity contribution is 6.08. The van der Waals surface area contributed by atoms with Crippen LogP contribution in [0.2, 0.25) is 0 Å². The maximum atomic E-state index is 13.2. The highest BCUT2D eigenvalue weighted by Crippen LogP contribution is 2.40. The molecular weight excluding hydrogens is 949 g/mol. The summed E-state index contributed by atoms with van der Waals surface area (Å²) in [7, 11) is 1.56. The van der Waals surface area contributed by atoms with Gasteiger partial charge < -0.3 is 28.4 Å². The highest BCUT2D eigenvalue weighted by Gasteiger charge is 2.30. The molecule has 4 aromatic rings. The van der Waals surface area contributed by atoms with Gasteiger partial charge in [0.2, 0.25) is 0 Å². The molecule has 0 unspecified atom stereocenters. The highest BCUT2D eigenvalue weighted by atomic mass is 16.6. The van der Waals surface area contributed by atoms with Gasteiger partial charge in [-0.05, 0) is 238 Å². The van der Waals surface area contributed by atoms with Gasteiger partial charge in [0, 0.05) is 11.1 Å². The quantitative estimate of drug-likeness (QED) is 0.0324. The molecule has 0 heterocycles. The maximum absolute atomic E-state index is 13.2. The Hall–Kier alpha value is -7.34. The standard InChI is InChI=1S/C34H42O6.C29H36O6/c1-10-12-14-24-22-25(15-13-11-2)30(40-32(37)34(6,7)8)27(29(24)38-9)20-21-28(35)23-16-18-26(19-17-23)39-31(36)33(3,4)5;1-10-33-24-18(2)17-19(3)25(35-27(32)29(7,8)9)22(24)15-16-23(30)20-11-13-21(14-12-20)34-26(31)28(4,5)6/h10-13,16-22H,14-15H2,1-9H3;11-17H,10H2,1-9H3/b12-10+,13-11+,21-20+;16-15+. The molecule has 4 rings (SSSR count). The molecule has 0 aliphatic carbocycles. The van der Waals surface area contributed by atoms with E-state index >= 15 is 0 Å². The molecule has 0 N–H and O–H groups in total. The van der Waals surface area contributed by atoms with Gasteiger partial charge >= 0.3 is 23.9 Å². The van der Waals surface area contributed by atoms with E-state index in [-0.39, 0.29) is 35.4 Å². The zero-order chi connectivity index (χ0) is 56.6. The molecule has 0 spiro atoms. The molecule has 402 valence electrons. The van der Waals surface area contributed by atoms with Crippen LogP contribution < -0.4 is 28.4 Å². The van der Waals surface area contributed by atoms with Gasteiger partial charge in [0.1, 0.15) is 34.5 Å². The predicted molar refractivity (Wildman–Crippen MR) is 297 cm³/mol. The van der Waals surface area contributed by atoms with E-state index in [1.165, 1.54) is 12.2 Å². The minimum absolute atomic E-state index is 0.256. The molecule has 0 radical (unpaired) electrons. The number of carbonyl (C=O) groups excluding carboxylic acids is 6. The van der Waals surface area contributed by atoms with Gasteiger partial charge in [-0.1, -0.05) is 24.3 Å². The summed E-state index contributed by atoms with van der Waals surface area (Å²) < 4.78 is 34.2. The second kappa shape index (κ2) is 26.7. The molecule has 4 aromatic carbocycles. The number of rotatable bonds is 17. The molecule has 0 aliphatic heterocycles. The van der Waals surface area contributed by atoms with Crippen molar-refractivity contribution in [2.75, 3.05) is 13.7 Å². The van der Waals surface area contributed by atoms with Crippen LogP contribution in [-0.2, 0) is 32.0 Å². The third kappa shape index (κ3) is 18.2. The third-order valence-electron chi connectivity index (χ3n) is 11.0. The van der Waals surface area contributed by atoms with Crippen molar-refractivity contribution < 1.29 is 57.2 Å². The van der Waals surface area contributed by atoms with Gasteiger partial charge in [-0.2, -0.15) is 0 Å². The van der Waals surface area contributed by atoms with Crippen LogP contribution in [-0.4, -0.2) is 49.2 Å². The Bertz CT molecular complexity index is 2810. The Morgan fingerprint density at radius 2 is 0.813 bits per heavy atom. The molecule has 0 atom stereocenters. The lowest BCUT2D eigenvalue weighted by Gasteiger charge is -2.22. The molecule has 0 aromatic heterocycles. The van der Waals surface area contributed by atoms with Crippen molar-refractivity contribution in [1.29, 1.82) is 0 Å². The maximum Gasteiger partial charge on any atom is 0.316 e. The average Bonchev–Trinajstić information content (AvgIpc) is 3.32. The van der Waals surface area contributed by atoms with Crippen molar-refractivity contribution in [2.24, 2.45) is 21.7 Å². The van der Waals surface area contributed by atoms with Crippen LogP contribution in [0.15, 0.2) is 97.1 Å². The molecule has 0 fully saturated rings. The fourth-order valence-corrected chi connectivity index (χ4v) is 6.60. The van der Waals surface area contributed by atoms with Crippen molar-refractivity contribution in [3.8, 4) is 34.5 Å². The smallest absolute Gasteiger partial charge is 0.316 e. The summed E-state index contributed by atoms with van der Waals surface area (Å²) >= 11 is 0. The van der Waals surface area contributed by atoms with Crippen LogP contribution in [0.3, 0.4) is 0 Å². The number of ketones is 2. The van der Waals surface area contributed by atoms with E-state index < -0.39 is 21.7 Å². The van der Waals surface area contributed by atoms with E-state index in [0.29, 0.717) is 76.2 Å². The third-order valence-corrected chi connectivity index (χ3v) is 11.0. The molecule has 75 heavy (non-hydrogen) atoms. The SMILES string of the molecule is C/C=C/Cc1cc(C/C=C/C)c(OC(=O)C(C)(C)C)c(/C=C/C(=O)c2ccc(OC(=O)C(C)(C)C)cc2)c1OC.CCOc1c(C)cc(C)c(OC(=O)C(C)(C)C)c1/C=C/C(=O)c1ccc(OC(=O)C(C)(C)C)cc1. The number of ether oxygens (including phenoxy) is 6. The van der Waals surface area contributed by atoms with Crippen LogP contribution in [0.25, 0.3) is 12.2 Å². The zero-order valence-corrected chi connectivity index (χ0v) is 47.4. The summed E-state index contributed by atoms with van der Waals surface area (Å²) in [5.41, 5.74) is 2.55. The van der Waals surface area contributed by atoms with E-state index in [9.17, 15) is 28.8 Å². The molecular formula is C63H78O12. The Morgan fingerprint density at radius 3 is 1.17 bits per heavy atom. The predicted octanol–water partition coefficient (Wildman–Crippen LogP) is 14.2. The average molecular weight is 1030 g/mol. The van der Waals surface area contributed by atoms with E-state index in [1.54, 1.807) is 151 Å². The van der Waals surface area contributed by atoms with Gasteiger partial charge in [-0.25, -0.2) is 0 Å². The number of methoxy groups -OCH3 is 1. The van der Waals surface area contributed by atoms with Crippen LogP contribution in [0.1, 0.15) is 158 Å². The lowest BCUT2D eigenvalue weighted by atomic mass is 9.95. The zero-order valence-electron chi connectivity index (χ0n) is 47.4. The van der Waals surface area contributed by atoms with Gasteiger partial charge in [0.15, 0.2) is 11.6 Å². The Kier molecular flexibility index (Phi) is 22.1. The summed E-state index contributed by atoms with van der Waals surface area (Å²) in [4.78, 5) is 75.9. The normalized spacial score (nSPS) is 12.1. The first kappa shape index (κ1) is 62.0. The Balaban J connectivity index is 0.000000399. The Morgan fingerprint density at radius 1 is 0.467 bits per heavy atom. The van der Waals surface area contributed by atoms with Gasteiger partial charge in [-0.3, -0.25) is 28.8 Å². The van der Waals surface area contributed by atoms with Gasteiger partial charge in [-0.15, -0.1) is 0 Å². The molecule has 12 heteroatoms. The summed E-state index contributed by atoms with van der Waals surface area (Å²) in [6.45, 7) is 31.3. The van der Waals surface area contributed by atoms with Crippen molar-refractivity contribution in [1.82, 2.24) is 0 Å². The molecule has 0 saturated carbocycles. The second-order valence-electron chi connectivity index (χ2n) is 22.0. The number of benzene rings is 4. The van der Waals surface area contributed by atoms with Gasteiger partial charge in [0.25, 0.3) is 0 Å². The van der Waals surface area contributed by atoms with Crippen LogP contribution in [0, 0.1) is 35.5 Å². The number of allylic oxidation sites excluding steroid dienone is 6. The fourth-order valence-electron chi connectivity index (χ4n) is 6.60. The molecule has 0 bridgehead atoms. The van der Waals surface area contributed by atoms with Crippen LogP contribution in [0.4, 0.5) is 0 Å². The lowest BCUT2D eigenvalue weighted by Crippen LogP contribution is -2.26. The lowest BCUT2D eigenvalue weighted by molar-refractivity contribution is -0.143. The second-order valence-corrected chi connectivity index (χ2v) is 22.0. The van der Waals surface area contributed by atoms with Crippen molar-refractivity contribution in [3.63, 3.8) is 0 Å². The summed E-state index contributed by atoms with van der Waals surface area (Å²) in [6.07, 6.45) is 15.2. The topological polar surface area (TPSA) is 158 Å². The first-order chi connectivity index (χ1) is 34.9. The monoisotopic (exact) mass is 1030 g/mol. The van der Waals surface area contributed by atoms with Gasteiger partial charge in [0.05, 0.1) is 46.5 Å². The number of hydrogen-bond donors (Lipinski definition) is 0. The fraction of sp³-hybridized carbons (Fsp3) is 0.397. The first-order valence-electron chi connectivity index (χ1n) is 25.1. The molecule has 0 amide bonds. The number of hydrogen-bond acceptors (Lipinski definition) is 12. The Labute approximate surface area is 445 Å². The summed E-state index contributed by atoms with van der Waals surface area (Å²) in [5, 5.41) is 0. The molecule has 12 nitrogen and oxygen atoms in total. The first-order valence-corrected chi connectivity index (χ1v) is 25.1. The molecule has 0 saturated heterocycles. The number of carbonyl (C=O) groups is 6. The van der Waals surface area contributed by atoms with Crippen molar-refractivity contribution >= 4 is 47.6 Å². The van der Waals surface area contributed by atoms with E-state index in [1.807, 2.05) is 71.1 Å². The van der Waals surface area contributed by atoms with Crippen LogP contribution in [0.5, 0.6) is 34.5 Å². The minimum Gasteiger partial charge on any atom is -0.496 e. The van der Waals surface area contributed by atoms with E-state index in [2.05, 4.69) is 0 Å².